The molecule has 1 aromatic heterocycles. The number of rotatable bonds is 7. The standard InChI is InChI=1S/C15H15NS3/c1-2-7-14(8-3-1)9-6-12-17-19-18-13-15-10-4-5-11-16-15/h1-11H,12-13H2/b9-6+. The molecule has 0 fully saturated rings. The second-order valence-corrected chi connectivity index (χ2v) is 8.03. The maximum atomic E-state index is 4.29. The minimum absolute atomic E-state index is 0.959. The molecule has 1 aromatic carbocycles. The van der Waals surface area contributed by atoms with E-state index in [1.54, 1.807) is 0 Å². The smallest absolute Gasteiger partial charge is 0.0511 e. The largest absolute Gasteiger partial charge is 0.260 e. The molecule has 0 N–H and O–H groups in total. The minimum Gasteiger partial charge on any atom is -0.260 e. The Kier molecular flexibility index (Phi) is 7.00. The third-order valence-corrected chi connectivity index (χ3v) is 6.31. The zero-order valence-corrected chi connectivity index (χ0v) is 12.9. The van der Waals surface area contributed by atoms with Gasteiger partial charge in [-0.2, -0.15) is 0 Å². The monoisotopic (exact) mass is 305 g/mol. The van der Waals surface area contributed by atoms with Crippen LogP contribution in [0.4, 0.5) is 0 Å². The Morgan fingerprint density at radius 3 is 2.58 bits per heavy atom. The molecule has 0 aliphatic carbocycles. The van der Waals surface area contributed by atoms with Gasteiger partial charge in [-0.1, -0.05) is 70.1 Å². The molecule has 2 rings (SSSR count). The summed E-state index contributed by atoms with van der Waals surface area (Å²) in [7, 11) is 5.52. The second kappa shape index (κ2) is 9.13. The van der Waals surface area contributed by atoms with E-state index in [-0.39, 0.29) is 0 Å². The Bertz CT molecular complexity index is 485. The van der Waals surface area contributed by atoms with Gasteiger partial charge in [0, 0.05) is 17.7 Å². The van der Waals surface area contributed by atoms with Crippen molar-refractivity contribution in [3.63, 3.8) is 0 Å². The zero-order valence-electron chi connectivity index (χ0n) is 10.4. The fourth-order valence-electron chi connectivity index (χ4n) is 1.42. The van der Waals surface area contributed by atoms with Crippen LogP contribution in [0.5, 0.6) is 0 Å². The molecule has 0 spiro atoms. The summed E-state index contributed by atoms with van der Waals surface area (Å²) in [4.78, 5) is 4.29. The molecule has 1 heterocycles. The number of hydrogen-bond donors (Lipinski definition) is 0. The van der Waals surface area contributed by atoms with Crippen LogP contribution in [0.3, 0.4) is 0 Å². The third-order valence-electron chi connectivity index (χ3n) is 2.30. The first-order chi connectivity index (χ1) is 9.45. The van der Waals surface area contributed by atoms with Gasteiger partial charge in [0.05, 0.1) is 5.69 Å². The Morgan fingerprint density at radius 1 is 0.947 bits per heavy atom. The highest BCUT2D eigenvalue weighted by Gasteiger charge is 1.94. The lowest BCUT2D eigenvalue weighted by atomic mass is 10.2. The van der Waals surface area contributed by atoms with Crippen molar-refractivity contribution in [3.05, 3.63) is 72.1 Å². The fraction of sp³-hybridized carbons (Fsp3) is 0.133. The van der Waals surface area contributed by atoms with E-state index >= 15 is 0 Å². The lowest BCUT2D eigenvalue weighted by molar-refractivity contribution is 1.18. The van der Waals surface area contributed by atoms with E-state index < -0.39 is 0 Å². The predicted molar refractivity (Wildman–Crippen MR) is 91.1 cm³/mol. The van der Waals surface area contributed by atoms with E-state index in [1.165, 1.54) is 5.56 Å². The van der Waals surface area contributed by atoms with Crippen LogP contribution >= 0.6 is 31.4 Å². The number of benzene rings is 1. The molecule has 0 saturated carbocycles. The highest BCUT2D eigenvalue weighted by molar-refractivity contribution is 9.09. The van der Waals surface area contributed by atoms with Crippen molar-refractivity contribution < 1.29 is 0 Å². The van der Waals surface area contributed by atoms with Gasteiger partial charge in [-0.05, 0) is 27.5 Å². The van der Waals surface area contributed by atoms with E-state index in [9.17, 15) is 0 Å². The first kappa shape index (κ1) is 14.6. The van der Waals surface area contributed by atoms with Crippen LogP contribution in [-0.2, 0) is 5.75 Å². The quantitative estimate of drug-likeness (QED) is 0.506. The van der Waals surface area contributed by atoms with Gasteiger partial charge in [0.15, 0.2) is 0 Å². The average Bonchev–Trinajstić information content (AvgIpc) is 2.48. The molecular formula is C15H15NS3. The Labute approximate surface area is 126 Å². The van der Waals surface area contributed by atoms with Gasteiger partial charge in [-0.15, -0.1) is 0 Å². The van der Waals surface area contributed by atoms with E-state index in [0.717, 1.165) is 17.2 Å². The number of pyridine rings is 1. The summed E-state index contributed by atoms with van der Waals surface area (Å²) in [6, 6.07) is 16.4. The van der Waals surface area contributed by atoms with Crippen molar-refractivity contribution in [1.29, 1.82) is 0 Å². The summed E-state index contributed by atoms with van der Waals surface area (Å²) >= 11 is 0. The highest BCUT2D eigenvalue weighted by Crippen LogP contribution is 2.36. The van der Waals surface area contributed by atoms with Crippen molar-refractivity contribution >= 4 is 37.5 Å². The summed E-state index contributed by atoms with van der Waals surface area (Å²) < 4.78 is 0. The summed E-state index contributed by atoms with van der Waals surface area (Å²) in [5.74, 6) is 1.98. The molecule has 0 bridgehead atoms. The van der Waals surface area contributed by atoms with Crippen LogP contribution in [0.15, 0.2) is 60.8 Å². The predicted octanol–water partition coefficient (Wildman–Crippen LogP) is 5.32. The molecule has 0 atom stereocenters. The summed E-state index contributed by atoms with van der Waals surface area (Å²) in [6.45, 7) is 0. The molecular weight excluding hydrogens is 290 g/mol. The van der Waals surface area contributed by atoms with Crippen LogP contribution in [0, 0.1) is 0 Å². The van der Waals surface area contributed by atoms with E-state index in [4.69, 9.17) is 0 Å². The molecule has 4 heteroatoms. The molecule has 0 saturated heterocycles. The SMILES string of the molecule is C(=C\c1ccccc1)/CSSSCc1ccccn1. The van der Waals surface area contributed by atoms with Crippen molar-refractivity contribution in [2.24, 2.45) is 0 Å². The number of aromatic nitrogens is 1. The molecule has 2 aromatic rings. The van der Waals surface area contributed by atoms with Gasteiger partial charge in [0.2, 0.25) is 0 Å². The average molecular weight is 305 g/mol. The van der Waals surface area contributed by atoms with Gasteiger partial charge in [-0.25, -0.2) is 0 Å². The number of hydrogen-bond acceptors (Lipinski definition) is 4. The molecule has 0 aliphatic heterocycles. The van der Waals surface area contributed by atoms with Crippen LogP contribution in [0.1, 0.15) is 11.3 Å². The third kappa shape index (κ3) is 6.23. The maximum absolute atomic E-state index is 4.29. The fourth-order valence-corrected chi connectivity index (χ4v) is 4.71. The van der Waals surface area contributed by atoms with Gasteiger partial charge in [0.1, 0.15) is 0 Å². The molecule has 1 nitrogen and oxygen atoms in total. The number of nitrogens with zero attached hydrogens (tertiary/aromatic N) is 1. The van der Waals surface area contributed by atoms with Crippen molar-refractivity contribution in [2.45, 2.75) is 5.75 Å². The highest BCUT2D eigenvalue weighted by atomic mass is 33.5. The molecule has 0 amide bonds. The Hall–Kier alpha value is -0.840. The first-order valence-corrected chi connectivity index (χ1v) is 9.80. The van der Waals surface area contributed by atoms with Crippen LogP contribution in [-0.4, -0.2) is 10.7 Å². The lowest BCUT2D eigenvalue weighted by Gasteiger charge is -1.98. The molecule has 19 heavy (non-hydrogen) atoms. The lowest BCUT2D eigenvalue weighted by Crippen LogP contribution is -1.81. The maximum Gasteiger partial charge on any atom is 0.0511 e. The van der Waals surface area contributed by atoms with Crippen molar-refractivity contribution in [1.82, 2.24) is 4.98 Å². The minimum atomic E-state index is 0.959. The van der Waals surface area contributed by atoms with E-state index in [2.05, 4.69) is 47.5 Å². The van der Waals surface area contributed by atoms with E-state index in [0.29, 0.717) is 0 Å². The van der Waals surface area contributed by atoms with Crippen LogP contribution in [0.25, 0.3) is 6.08 Å². The summed E-state index contributed by atoms with van der Waals surface area (Å²) in [5.41, 5.74) is 2.40. The first-order valence-electron chi connectivity index (χ1n) is 5.98. The van der Waals surface area contributed by atoms with Gasteiger partial charge >= 0.3 is 0 Å². The van der Waals surface area contributed by atoms with Gasteiger partial charge in [0.25, 0.3) is 0 Å². The van der Waals surface area contributed by atoms with Crippen LogP contribution in [0.2, 0.25) is 0 Å². The molecule has 98 valence electrons. The molecule has 0 aliphatic rings. The summed E-state index contributed by atoms with van der Waals surface area (Å²) in [6.07, 6.45) is 6.21. The zero-order chi connectivity index (χ0) is 13.2. The molecule has 0 unspecified atom stereocenters. The second-order valence-electron chi connectivity index (χ2n) is 3.75. The van der Waals surface area contributed by atoms with Crippen molar-refractivity contribution in [3.8, 4) is 0 Å². The van der Waals surface area contributed by atoms with Crippen LogP contribution < -0.4 is 0 Å². The van der Waals surface area contributed by atoms with Gasteiger partial charge < -0.3 is 0 Å². The van der Waals surface area contributed by atoms with Gasteiger partial charge in [-0.3, -0.25) is 4.98 Å². The normalized spacial score (nSPS) is 10.9. The topological polar surface area (TPSA) is 12.9 Å². The Balaban J connectivity index is 1.56. The van der Waals surface area contributed by atoms with Crippen molar-refractivity contribution in [2.75, 3.05) is 5.75 Å². The molecule has 0 radical (unpaired) electrons. The van der Waals surface area contributed by atoms with E-state index in [1.807, 2.05) is 55.8 Å². The Morgan fingerprint density at radius 2 is 1.79 bits per heavy atom. The summed E-state index contributed by atoms with van der Waals surface area (Å²) in [5, 5.41) is 0.